The van der Waals surface area contributed by atoms with Gasteiger partial charge >= 0.3 is 0 Å². The van der Waals surface area contributed by atoms with Gasteiger partial charge in [-0.2, -0.15) is 0 Å². The van der Waals surface area contributed by atoms with Gasteiger partial charge in [0.25, 0.3) is 0 Å². The number of fused-ring (bicyclic) bond motifs is 1. The van der Waals surface area contributed by atoms with Crippen LogP contribution in [0.5, 0.6) is 0 Å². The van der Waals surface area contributed by atoms with E-state index in [1.165, 1.54) is 35.2 Å². The minimum Gasteiger partial charge on any atom is -0.383 e. The number of carbonyl (C=O) groups excluding carboxylic acids is 1. The Labute approximate surface area is 162 Å². The largest absolute Gasteiger partial charge is 0.383 e. The molecule has 2 aromatic heterocycles. The van der Waals surface area contributed by atoms with Crippen LogP contribution in [0.4, 0.5) is 5.82 Å². The topological polar surface area (TPSA) is 72.1 Å². The zero-order valence-corrected chi connectivity index (χ0v) is 16.9. The number of nitrogens with two attached hydrogens (primary N) is 1. The number of anilines is 1. The van der Waals surface area contributed by atoms with E-state index in [1.54, 1.807) is 11.3 Å². The first-order valence-electron chi connectivity index (χ1n) is 9.21. The summed E-state index contributed by atoms with van der Waals surface area (Å²) in [6, 6.07) is 0.406. The normalized spacial score (nSPS) is 17.4. The second kappa shape index (κ2) is 7.19. The fourth-order valence-electron chi connectivity index (χ4n) is 3.49. The molecule has 0 bridgehead atoms. The second-order valence-electron chi connectivity index (χ2n) is 7.08. The van der Waals surface area contributed by atoms with Gasteiger partial charge in [-0.05, 0) is 57.9 Å². The molecule has 0 spiro atoms. The highest BCUT2D eigenvalue weighted by Crippen LogP contribution is 2.36. The summed E-state index contributed by atoms with van der Waals surface area (Å²) in [4.78, 5) is 26.1. The molecule has 1 fully saturated rings. The van der Waals surface area contributed by atoms with Crippen molar-refractivity contribution in [2.24, 2.45) is 0 Å². The van der Waals surface area contributed by atoms with E-state index < -0.39 is 0 Å². The maximum atomic E-state index is 12.9. The predicted octanol–water partition coefficient (Wildman–Crippen LogP) is 4.43. The lowest BCUT2D eigenvalue weighted by Crippen LogP contribution is -2.34. The van der Waals surface area contributed by atoms with Gasteiger partial charge in [-0.1, -0.05) is 17.8 Å². The van der Waals surface area contributed by atoms with Crippen LogP contribution in [0.1, 0.15) is 49.0 Å². The average molecular weight is 389 g/mol. The van der Waals surface area contributed by atoms with Crippen LogP contribution in [0.3, 0.4) is 0 Å². The second-order valence-corrected chi connectivity index (χ2v) is 9.23. The monoisotopic (exact) mass is 388 g/mol. The molecule has 1 amide bonds. The molecule has 26 heavy (non-hydrogen) atoms. The predicted molar refractivity (Wildman–Crippen MR) is 108 cm³/mol. The van der Waals surface area contributed by atoms with Crippen LogP contribution in [0.15, 0.2) is 16.9 Å². The average Bonchev–Trinajstić information content (AvgIpc) is 3.40. The van der Waals surface area contributed by atoms with Crippen molar-refractivity contribution in [3.05, 3.63) is 22.2 Å². The zero-order valence-electron chi connectivity index (χ0n) is 15.2. The Balaban J connectivity index is 1.50. The van der Waals surface area contributed by atoms with Gasteiger partial charge in [-0.15, -0.1) is 11.3 Å². The molecular weight excluding hydrogens is 364 g/mol. The first kappa shape index (κ1) is 17.8. The molecule has 0 unspecified atom stereocenters. The lowest BCUT2D eigenvalue weighted by atomic mass is 10.0. The summed E-state index contributed by atoms with van der Waals surface area (Å²) in [5.74, 6) is 1.05. The lowest BCUT2D eigenvalue weighted by Gasteiger charge is -2.27. The molecule has 5 nitrogen and oxygen atoms in total. The Kier molecular flexibility index (Phi) is 4.92. The summed E-state index contributed by atoms with van der Waals surface area (Å²) < 4.78 is 0. The van der Waals surface area contributed by atoms with Crippen molar-refractivity contribution >= 4 is 45.0 Å². The quantitative estimate of drug-likeness (QED) is 0.606. The molecule has 2 heterocycles. The maximum Gasteiger partial charge on any atom is 0.237 e. The van der Waals surface area contributed by atoms with E-state index in [0.717, 1.165) is 41.5 Å². The fraction of sp³-hybridized carbons (Fsp3) is 0.526. The van der Waals surface area contributed by atoms with Crippen molar-refractivity contribution in [1.82, 2.24) is 14.9 Å². The molecule has 0 aliphatic heterocycles. The summed E-state index contributed by atoms with van der Waals surface area (Å²) >= 11 is 3.03. The van der Waals surface area contributed by atoms with Crippen LogP contribution in [-0.4, -0.2) is 32.6 Å². The van der Waals surface area contributed by atoms with Gasteiger partial charge in [0.1, 0.15) is 10.6 Å². The van der Waals surface area contributed by atoms with E-state index in [0.29, 0.717) is 22.8 Å². The maximum absolute atomic E-state index is 12.9. The highest BCUT2D eigenvalue weighted by Gasteiger charge is 2.35. The molecule has 2 N–H and O–H groups in total. The molecule has 7 heteroatoms. The van der Waals surface area contributed by atoms with E-state index in [1.807, 2.05) is 4.90 Å². The summed E-state index contributed by atoms with van der Waals surface area (Å²) in [7, 11) is 0. The molecule has 2 aliphatic rings. The summed E-state index contributed by atoms with van der Waals surface area (Å²) in [6.07, 6.45) is 9.03. The van der Waals surface area contributed by atoms with Crippen molar-refractivity contribution in [3.63, 3.8) is 0 Å². The molecule has 0 radical (unpaired) electrons. The van der Waals surface area contributed by atoms with Gasteiger partial charge < -0.3 is 10.6 Å². The SMILES string of the molecule is Cc1sc2nc(SCC(=O)N(C3=CCCCC3)C3CC3)nc(N)c2c1C. The number of nitrogens with zero attached hydrogens (tertiary/aromatic N) is 3. The minimum atomic E-state index is 0.173. The molecule has 2 aromatic rings. The Morgan fingerprint density at radius 1 is 1.35 bits per heavy atom. The molecule has 2 aliphatic carbocycles. The number of hydrogen-bond acceptors (Lipinski definition) is 6. The molecule has 0 atom stereocenters. The van der Waals surface area contributed by atoms with Crippen LogP contribution >= 0.6 is 23.1 Å². The van der Waals surface area contributed by atoms with Crippen LogP contribution in [0, 0.1) is 13.8 Å². The number of thioether (sulfide) groups is 1. The Morgan fingerprint density at radius 3 is 2.85 bits per heavy atom. The van der Waals surface area contributed by atoms with Gasteiger partial charge in [0.05, 0.1) is 11.1 Å². The van der Waals surface area contributed by atoms with Crippen molar-refractivity contribution in [2.75, 3.05) is 11.5 Å². The van der Waals surface area contributed by atoms with Gasteiger partial charge in [0.2, 0.25) is 5.91 Å². The fourth-order valence-corrected chi connectivity index (χ4v) is 5.30. The van der Waals surface area contributed by atoms with E-state index in [9.17, 15) is 4.79 Å². The van der Waals surface area contributed by atoms with Crippen LogP contribution in [0.25, 0.3) is 10.2 Å². The van der Waals surface area contributed by atoms with Crippen molar-refractivity contribution in [2.45, 2.75) is 63.6 Å². The number of nitrogen functional groups attached to an aromatic ring is 1. The number of allylic oxidation sites excluding steroid dienone is 2. The van der Waals surface area contributed by atoms with Crippen molar-refractivity contribution < 1.29 is 4.79 Å². The zero-order chi connectivity index (χ0) is 18.3. The van der Waals surface area contributed by atoms with Gasteiger partial charge in [-0.25, -0.2) is 9.97 Å². The third-order valence-corrected chi connectivity index (χ3v) is 7.05. The number of hydrogen-bond donors (Lipinski definition) is 1. The molecule has 0 aromatic carbocycles. The molecule has 138 valence electrons. The van der Waals surface area contributed by atoms with Gasteiger partial charge in [0.15, 0.2) is 5.16 Å². The number of thiophene rings is 1. The van der Waals surface area contributed by atoms with E-state index >= 15 is 0 Å². The smallest absolute Gasteiger partial charge is 0.237 e. The number of amides is 1. The van der Waals surface area contributed by atoms with Crippen LogP contribution in [0.2, 0.25) is 0 Å². The number of aromatic nitrogens is 2. The molecule has 1 saturated carbocycles. The molecular formula is C19H24N4OS2. The third-order valence-electron chi connectivity index (χ3n) is 5.12. The highest BCUT2D eigenvalue weighted by atomic mass is 32.2. The van der Waals surface area contributed by atoms with Gasteiger partial charge in [0, 0.05) is 16.6 Å². The number of rotatable bonds is 5. The Morgan fingerprint density at radius 2 is 2.15 bits per heavy atom. The van der Waals surface area contributed by atoms with E-state index in [4.69, 9.17) is 5.73 Å². The lowest BCUT2D eigenvalue weighted by molar-refractivity contribution is -0.127. The summed E-state index contributed by atoms with van der Waals surface area (Å²) in [5.41, 5.74) is 8.53. The summed E-state index contributed by atoms with van der Waals surface area (Å²) in [6.45, 7) is 4.12. The minimum absolute atomic E-state index is 0.173. The number of aryl methyl sites for hydroxylation is 2. The van der Waals surface area contributed by atoms with Crippen molar-refractivity contribution in [3.8, 4) is 0 Å². The standard InChI is InChI=1S/C19H24N4OS2/c1-11-12(2)26-18-16(11)17(20)21-19(22-18)25-10-15(24)23(14-8-9-14)13-6-4-3-5-7-13/h6,14H,3-5,7-10H2,1-2H3,(H2,20,21,22). The Bertz CT molecular complexity index is 885. The first-order chi connectivity index (χ1) is 12.5. The van der Waals surface area contributed by atoms with E-state index in [-0.39, 0.29) is 5.91 Å². The number of carbonyl (C=O) groups is 1. The highest BCUT2D eigenvalue weighted by molar-refractivity contribution is 7.99. The molecule has 4 rings (SSSR count). The van der Waals surface area contributed by atoms with Crippen LogP contribution < -0.4 is 5.73 Å². The summed E-state index contributed by atoms with van der Waals surface area (Å²) in [5, 5.41) is 1.55. The third kappa shape index (κ3) is 3.47. The van der Waals surface area contributed by atoms with E-state index in [2.05, 4.69) is 29.9 Å². The first-order valence-corrected chi connectivity index (χ1v) is 11.0. The van der Waals surface area contributed by atoms with Crippen molar-refractivity contribution in [1.29, 1.82) is 0 Å². The molecule has 0 saturated heterocycles. The Hall–Kier alpha value is -1.60. The van der Waals surface area contributed by atoms with Gasteiger partial charge in [-0.3, -0.25) is 4.79 Å². The van der Waals surface area contributed by atoms with Crippen LogP contribution in [-0.2, 0) is 4.79 Å².